The largest absolute Gasteiger partial charge is 0.480 e. The van der Waals surface area contributed by atoms with Crippen LogP contribution >= 0.6 is 11.8 Å². The van der Waals surface area contributed by atoms with Crippen molar-refractivity contribution in [3.8, 4) is 0 Å². The molecule has 1 rings (SSSR count). The van der Waals surface area contributed by atoms with E-state index in [2.05, 4.69) is 5.32 Å². The first-order valence-electron chi connectivity index (χ1n) is 5.75. The molecule has 2 N–H and O–H groups in total. The maximum atomic E-state index is 11.7. The zero-order valence-electron chi connectivity index (χ0n) is 10.5. The maximum absolute atomic E-state index is 11.7. The number of carboxylic acid groups (broad SMARTS) is 1. The van der Waals surface area contributed by atoms with Gasteiger partial charge in [0.2, 0.25) is 11.0 Å². The Hall–Kier alpha value is -1.82. The van der Waals surface area contributed by atoms with Gasteiger partial charge in [0.05, 0.1) is 0 Å². The van der Waals surface area contributed by atoms with Crippen molar-refractivity contribution in [2.45, 2.75) is 19.4 Å². The number of aliphatic carboxylic acids is 1. The van der Waals surface area contributed by atoms with E-state index in [9.17, 15) is 14.4 Å². The van der Waals surface area contributed by atoms with E-state index in [1.54, 1.807) is 24.3 Å². The second-order valence-corrected chi connectivity index (χ2v) is 4.95. The fourth-order valence-electron chi connectivity index (χ4n) is 1.27. The Labute approximate surface area is 115 Å². The zero-order chi connectivity index (χ0) is 14.3. The van der Waals surface area contributed by atoms with E-state index < -0.39 is 12.0 Å². The number of hydrogen-bond donors (Lipinski definition) is 2. The summed E-state index contributed by atoms with van der Waals surface area (Å²) in [5.41, 5.74) is 0.590. The zero-order valence-corrected chi connectivity index (χ0v) is 11.3. The van der Waals surface area contributed by atoms with E-state index in [4.69, 9.17) is 5.11 Å². The van der Waals surface area contributed by atoms with Crippen LogP contribution in [0.1, 0.15) is 23.7 Å². The lowest BCUT2D eigenvalue weighted by atomic mass is 10.2. The van der Waals surface area contributed by atoms with Gasteiger partial charge in [0.15, 0.2) is 0 Å². The molecule has 19 heavy (non-hydrogen) atoms. The summed E-state index contributed by atoms with van der Waals surface area (Å²) in [6, 6.07) is 7.87. The lowest BCUT2D eigenvalue weighted by molar-refractivity contribution is -0.141. The van der Waals surface area contributed by atoms with Gasteiger partial charge in [-0.05, 0) is 6.92 Å². The minimum atomic E-state index is -1.08. The Morgan fingerprint density at radius 1 is 1.26 bits per heavy atom. The molecule has 1 amide bonds. The molecule has 0 aliphatic rings. The van der Waals surface area contributed by atoms with Crippen molar-refractivity contribution in [2.75, 3.05) is 5.75 Å². The van der Waals surface area contributed by atoms with Crippen LogP contribution in [0.15, 0.2) is 30.3 Å². The summed E-state index contributed by atoms with van der Waals surface area (Å²) >= 11 is 1.05. The monoisotopic (exact) mass is 281 g/mol. The fourth-order valence-corrected chi connectivity index (χ4v) is 2.04. The molecule has 0 aliphatic carbocycles. The maximum Gasteiger partial charge on any atom is 0.325 e. The smallest absolute Gasteiger partial charge is 0.325 e. The predicted molar refractivity (Wildman–Crippen MR) is 73.1 cm³/mol. The van der Waals surface area contributed by atoms with Crippen LogP contribution in [0.3, 0.4) is 0 Å². The number of carboxylic acids is 1. The number of nitrogens with one attached hydrogen (secondary N) is 1. The summed E-state index contributed by atoms with van der Waals surface area (Å²) in [6.07, 6.45) is 0.112. The average Bonchev–Trinajstić information content (AvgIpc) is 2.39. The molecule has 6 heteroatoms. The molecule has 0 aliphatic heterocycles. The Morgan fingerprint density at radius 2 is 1.89 bits per heavy atom. The number of rotatable bonds is 6. The molecule has 1 atom stereocenters. The van der Waals surface area contributed by atoms with Gasteiger partial charge in [-0.15, -0.1) is 0 Å². The molecule has 0 bridgehead atoms. The van der Waals surface area contributed by atoms with Gasteiger partial charge in [-0.3, -0.25) is 14.4 Å². The van der Waals surface area contributed by atoms with Crippen LogP contribution in [0.25, 0.3) is 0 Å². The molecule has 0 radical (unpaired) electrons. The van der Waals surface area contributed by atoms with Gasteiger partial charge >= 0.3 is 5.97 Å². The number of carbonyl (C=O) groups excluding carboxylic acids is 2. The molecular weight excluding hydrogens is 266 g/mol. The highest BCUT2D eigenvalue weighted by Gasteiger charge is 2.14. The van der Waals surface area contributed by atoms with Crippen LogP contribution in [0.5, 0.6) is 0 Å². The Balaban J connectivity index is 2.29. The lowest BCUT2D eigenvalue weighted by Crippen LogP contribution is -2.38. The molecular formula is C13H15NO4S. The molecule has 0 fully saturated rings. The van der Waals surface area contributed by atoms with E-state index >= 15 is 0 Å². The van der Waals surface area contributed by atoms with Crippen molar-refractivity contribution in [1.82, 2.24) is 5.32 Å². The number of carbonyl (C=O) groups is 3. The van der Waals surface area contributed by atoms with Crippen molar-refractivity contribution in [2.24, 2.45) is 0 Å². The fraction of sp³-hybridized carbons (Fsp3) is 0.308. The van der Waals surface area contributed by atoms with Crippen molar-refractivity contribution < 1.29 is 19.5 Å². The third kappa shape index (κ3) is 5.56. The van der Waals surface area contributed by atoms with Gasteiger partial charge in [0.1, 0.15) is 6.04 Å². The minimum Gasteiger partial charge on any atom is -0.480 e. The van der Waals surface area contributed by atoms with Gasteiger partial charge in [0.25, 0.3) is 0 Å². The Kier molecular flexibility index (Phi) is 6.08. The Morgan fingerprint density at radius 3 is 2.47 bits per heavy atom. The summed E-state index contributed by atoms with van der Waals surface area (Å²) in [4.78, 5) is 33.6. The molecule has 0 aromatic heterocycles. The van der Waals surface area contributed by atoms with Gasteiger partial charge < -0.3 is 10.4 Å². The molecule has 0 spiro atoms. The average molecular weight is 281 g/mol. The van der Waals surface area contributed by atoms with E-state index in [1.165, 1.54) is 6.92 Å². The molecule has 5 nitrogen and oxygen atoms in total. The van der Waals surface area contributed by atoms with Crippen molar-refractivity contribution >= 4 is 28.8 Å². The predicted octanol–water partition coefficient (Wildman–Crippen LogP) is 1.54. The molecule has 0 heterocycles. The summed E-state index contributed by atoms with van der Waals surface area (Å²) in [6.45, 7) is 1.39. The summed E-state index contributed by atoms with van der Waals surface area (Å²) in [5, 5.41) is 10.9. The molecule has 0 unspecified atom stereocenters. The second-order valence-electron chi connectivity index (χ2n) is 3.88. The first kappa shape index (κ1) is 15.2. The van der Waals surface area contributed by atoms with E-state index in [1.807, 2.05) is 6.07 Å². The summed E-state index contributed by atoms with van der Waals surface area (Å²) in [7, 11) is 0. The second kappa shape index (κ2) is 7.58. The van der Waals surface area contributed by atoms with E-state index in [0.717, 1.165) is 11.8 Å². The van der Waals surface area contributed by atoms with Crippen LogP contribution in [0, 0.1) is 0 Å². The van der Waals surface area contributed by atoms with Crippen LogP contribution < -0.4 is 5.32 Å². The van der Waals surface area contributed by atoms with Crippen LogP contribution in [0.4, 0.5) is 0 Å². The van der Waals surface area contributed by atoms with E-state index in [-0.39, 0.29) is 17.4 Å². The summed E-state index contributed by atoms with van der Waals surface area (Å²) < 4.78 is 0. The van der Waals surface area contributed by atoms with Gasteiger partial charge in [-0.1, -0.05) is 42.1 Å². The number of amides is 1. The van der Waals surface area contributed by atoms with Crippen LogP contribution in [0.2, 0.25) is 0 Å². The van der Waals surface area contributed by atoms with Crippen molar-refractivity contribution in [1.29, 1.82) is 0 Å². The van der Waals surface area contributed by atoms with Gasteiger partial charge in [-0.2, -0.15) is 0 Å². The highest BCUT2D eigenvalue weighted by Crippen LogP contribution is 2.12. The SMILES string of the molecule is C[C@H](NC(=O)CCSC(=O)c1ccccc1)C(=O)O. The van der Waals surface area contributed by atoms with Crippen LogP contribution in [-0.4, -0.2) is 33.9 Å². The van der Waals surface area contributed by atoms with Crippen LogP contribution in [-0.2, 0) is 9.59 Å². The number of thioether (sulfide) groups is 1. The molecule has 1 aromatic carbocycles. The van der Waals surface area contributed by atoms with E-state index in [0.29, 0.717) is 11.3 Å². The third-order valence-corrected chi connectivity index (χ3v) is 3.23. The number of benzene rings is 1. The van der Waals surface area contributed by atoms with Crippen molar-refractivity contribution in [3.63, 3.8) is 0 Å². The minimum absolute atomic E-state index is 0.0975. The van der Waals surface area contributed by atoms with Crippen molar-refractivity contribution in [3.05, 3.63) is 35.9 Å². The number of hydrogen-bond acceptors (Lipinski definition) is 4. The first-order valence-corrected chi connectivity index (χ1v) is 6.73. The van der Waals surface area contributed by atoms with Gasteiger partial charge in [-0.25, -0.2) is 0 Å². The lowest BCUT2D eigenvalue weighted by Gasteiger charge is -2.08. The molecule has 1 aromatic rings. The third-order valence-electron chi connectivity index (χ3n) is 2.32. The molecule has 102 valence electrons. The standard InChI is InChI=1S/C13H15NO4S/c1-9(12(16)17)14-11(15)7-8-19-13(18)10-5-3-2-4-6-10/h2-6,9H,7-8H2,1H3,(H,14,15)(H,16,17)/t9-/m0/s1. The topological polar surface area (TPSA) is 83.5 Å². The molecule has 0 saturated heterocycles. The normalized spacial score (nSPS) is 11.6. The Bertz CT molecular complexity index is 461. The quantitative estimate of drug-likeness (QED) is 0.826. The highest BCUT2D eigenvalue weighted by molar-refractivity contribution is 8.14. The van der Waals surface area contributed by atoms with Gasteiger partial charge in [0, 0.05) is 17.7 Å². The summed E-state index contributed by atoms with van der Waals surface area (Å²) in [5.74, 6) is -1.13. The highest BCUT2D eigenvalue weighted by atomic mass is 32.2. The molecule has 0 saturated carbocycles. The first-order chi connectivity index (χ1) is 9.00.